The number of anilines is 1. The third kappa shape index (κ3) is 8.61. The van der Waals surface area contributed by atoms with Gasteiger partial charge in [-0.1, -0.05) is 0 Å². The quantitative estimate of drug-likeness (QED) is 0.188. The van der Waals surface area contributed by atoms with Crippen LogP contribution < -0.4 is 10.6 Å². The van der Waals surface area contributed by atoms with E-state index in [1.165, 1.54) is 44.9 Å². The Bertz CT molecular complexity index is 946. The Morgan fingerprint density at radius 2 is 1.61 bits per heavy atom. The van der Waals surface area contributed by atoms with Gasteiger partial charge in [-0.05, 0) is 106 Å². The van der Waals surface area contributed by atoms with Gasteiger partial charge in [0.1, 0.15) is 0 Å². The number of alkyl halides is 3. The normalized spacial score (nSPS) is 26.8. The fourth-order valence-electron chi connectivity index (χ4n) is 6.83. The van der Waals surface area contributed by atoms with Crippen molar-refractivity contribution in [1.29, 1.82) is 0 Å². The van der Waals surface area contributed by atoms with Gasteiger partial charge in [0.05, 0.1) is 5.56 Å². The van der Waals surface area contributed by atoms with Crippen LogP contribution in [0.5, 0.6) is 0 Å². The van der Waals surface area contributed by atoms with Crippen LogP contribution >= 0.6 is 0 Å². The number of halogens is 3. The predicted octanol–water partition coefficient (Wildman–Crippen LogP) is 5.41. The van der Waals surface area contributed by atoms with Crippen LogP contribution in [0, 0.1) is 23.2 Å². The lowest BCUT2D eigenvalue weighted by Gasteiger charge is -2.57. The van der Waals surface area contributed by atoms with Gasteiger partial charge < -0.3 is 25.6 Å². The zero-order valence-corrected chi connectivity index (χ0v) is 21.9. The standard InChI is InChI=1S/C25H37N3O3.C2HF3O2/c1-17(13-25-14-18-10-19(15-25)12-20(11-18)16-25)27-24(26-8-3-9-31-2)28-22-6-4-21(5-7-22)23(29)30;3-2(4,5)1(6)7/h4-7,17-20H,3,8-16H2,1-2H3,(H,29,30)(H2,26,27,28);(H,6,7). The van der Waals surface area contributed by atoms with E-state index in [0.717, 1.165) is 35.8 Å². The number of rotatable bonds is 9. The lowest BCUT2D eigenvalue weighted by atomic mass is 9.48. The Hall–Kier alpha value is -2.82. The summed E-state index contributed by atoms with van der Waals surface area (Å²) in [6, 6.07) is 7.15. The number of nitrogens with one attached hydrogen (secondary N) is 2. The van der Waals surface area contributed by atoms with Crippen molar-refractivity contribution in [2.75, 3.05) is 25.6 Å². The molecule has 4 aliphatic rings. The van der Waals surface area contributed by atoms with Crippen molar-refractivity contribution >= 4 is 23.6 Å². The minimum Gasteiger partial charge on any atom is -0.478 e. The third-order valence-corrected chi connectivity index (χ3v) is 7.70. The molecule has 0 aromatic heterocycles. The molecule has 0 saturated heterocycles. The van der Waals surface area contributed by atoms with Crippen molar-refractivity contribution < 1.29 is 37.7 Å². The number of hydrogen-bond acceptors (Lipinski definition) is 4. The average molecular weight is 542 g/mol. The van der Waals surface area contributed by atoms with E-state index in [1.807, 2.05) is 0 Å². The van der Waals surface area contributed by atoms with Gasteiger partial charge in [-0.25, -0.2) is 9.59 Å². The monoisotopic (exact) mass is 541 g/mol. The molecular weight excluding hydrogens is 503 g/mol. The van der Waals surface area contributed by atoms with Gasteiger partial charge in [-0.2, -0.15) is 13.2 Å². The number of aromatic carboxylic acids is 1. The summed E-state index contributed by atoms with van der Waals surface area (Å²) in [5.41, 5.74) is 1.64. The molecule has 5 rings (SSSR count). The summed E-state index contributed by atoms with van der Waals surface area (Å²) in [6.07, 6.45) is 5.64. The number of aliphatic carboxylic acids is 1. The molecule has 0 aliphatic heterocycles. The smallest absolute Gasteiger partial charge is 0.478 e. The number of ether oxygens (including phenoxy) is 1. The van der Waals surface area contributed by atoms with E-state index in [0.29, 0.717) is 24.6 Å². The number of aliphatic imine (C=N–C) groups is 1. The Morgan fingerprint density at radius 3 is 2.05 bits per heavy atom. The van der Waals surface area contributed by atoms with Gasteiger partial charge in [0.2, 0.25) is 0 Å². The number of guanidine groups is 1. The summed E-state index contributed by atoms with van der Waals surface area (Å²) >= 11 is 0. The maximum Gasteiger partial charge on any atom is 0.490 e. The fourth-order valence-corrected chi connectivity index (χ4v) is 6.83. The van der Waals surface area contributed by atoms with E-state index in [2.05, 4.69) is 17.6 Å². The lowest BCUT2D eigenvalue weighted by molar-refractivity contribution is -0.192. The van der Waals surface area contributed by atoms with Gasteiger partial charge in [0.15, 0.2) is 5.96 Å². The molecule has 1 aromatic carbocycles. The van der Waals surface area contributed by atoms with Crippen LogP contribution in [0.4, 0.5) is 18.9 Å². The highest BCUT2D eigenvalue weighted by atomic mass is 19.4. The molecule has 38 heavy (non-hydrogen) atoms. The predicted molar refractivity (Wildman–Crippen MR) is 137 cm³/mol. The van der Waals surface area contributed by atoms with Gasteiger partial charge in [-0.3, -0.25) is 4.99 Å². The number of hydrogen-bond donors (Lipinski definition) is 4. The van der Waals surface area contributed by atoms with Crippen molar-refractivity contribution in [3.8, 4) is 0 Å². The summed E-state index contributed by atoms with van der Waals surface area (Å²) in [7, 11) is 1.71. The lowest BCUT2D eigenvalue weighted by Crippen LogP contribution is -2.49. The number of carboxylic acid groups (broad SMARTS) is 2. The molecule has 4 fully saturated rings. The van der Waals surface area contributed by atoms with Crippen molar-refractivity contribution in [3.63, 3.8) is 0 Å². The number of nitrogens with zero attached hydrogens (tertiary/aromatic N) is 1. The second-order valence-corrected chi connectivity index (χ2v) is 11.1. The Balaban J connectivity index is 0.000000505. The molecule has 0 amide bonds. The first-order valence-corrected chi connectivity index (χ1v) is 13.1. The van der Waals surface area contributed by atoms with E-state index in [9.17, 15) is 18.0 Å². The number of carbonyl (C=O) groups is 2. The summed E-state index contributed by atoms with van der Waals surface area (Å²) in [5, 5.41) is 23.3. The molecule has 1 aromatic rings. The Kier molecular flexibility index (Phi) is 10.0. The SMILES string of the molecule is COCCCN=C(Nc1ccc(C(=O)O)cc1)NC(C)CC12CC3CC(CC(C3)C1)C2.O=C(O)C(F)(F)F. The van der Waals surface area contributed by atoms with E-state index in [1.54, 1.807) is 31.4 Å². The minimum atomic E-state index is -5.08. The molecule has 212 valence electrons. The van der Waals surface area contributed by atoms with E-state index in [-0.39, 0.29) is 5.56 Å². The van der Waals surface area contributed by atoms with Gasteiger partial charge in [0, 0.05) is 32.0 Å². The van der Waals surface area contributed by atoms with Crippen LogP contribution in [-0.4, -0.2) is 60.6 Å². The Morgan fingerprint density at radius 1 is 1.08 bits per heavy atom. The zero-order chi connectivity index (χ0) is 27.9. The highest BCUT2D eigenvalue weighted by Gasteiger charge is 2.51. The maximum absolute atomic E-state index is 11.1. The molecule has 4 saturated carbocycles. The van der Waals surface area contributed by atoms with Crippen molar-refractivity contribution in [3.05, 3.63) is 29.8 Å². The topological polar surface area (TPSA) is 120 Å². The number of carboxylic acids is 2. The molecule has 0 spiro atoms. The molecule has 1 unspecified atom stereocenters. The van der Waals surface area contributed by atoms with Crippen LogP contribution in [0.2, 0.25) is 0 Å². The molecule has 0 heterocycles. The molecule has 8 nitrogen and oxygen atoms in total. The van der Waals surface area contributed by atoms with Crippen LogP contribution in [-0.2, 0) is 9.53 Å². The van der Waals surface area contributed by atoms with Crippen LogP contribution in [0.3, 0.4) is 0 Å². The average Bonchev–Trinajstić information content (AvgIpc) is 2.80. The van der Waals surface area contributed by atoms with Crippen LogP contribution in [0.15, 0.2) is 29.3 Å². The summed E-state index contributed by atoms with van der Waals surface area (Å²) in [5.74, 6) is -0.0178. The van der Waals surface area contributed by atoms with Gasteiger partial charge >= 0.3 is 18.1 Å². The number of methoxy groups -OCH3 is 1. The third-order valence-electron chi connectivity index (χ3n) is 7.70. The fraction of sp³-hybridized carbons (Fsp3) is 0.667. The second kappa shape index (κ2) is 12.8. The van der Waals surface area contributed by atoms with Crippen LogP contribution in [0.1, 0.15) is 68.6 Å². The van der Waals surface area contributed by atoms with Crippen molar-refractivity contribution in [2.45, 2.75) is 70.5 Å². The molecular formula is C27H38F3N3O5. The van der Waals surface area contributed by atoms with Crippen molar-refractivity contribution in [1.82, 2.24) is 5.32 Å². The minimum absolute atomic E-state index is 0.285. The van der Waals surface area contributed by atoms with E-state index < -0.39 is 18.1 Å². The first-order valence-electron chi connectivity index (χ1n) is 13.1. The maximum atomic E-state index is 11.1. The molecule has 0 radical (unpaired) electrons. The largest absolute Gasteiger partial charge is 0.490 e. The van der Waals surface area contributed by atoms with Crippen molar-refractivity contribution in [2.24, 2.45) is 28.2 Å². The molecule has 4 N–H and O–H groups in total. The first kappa shape index (κ1) is 29.7. The second-order valence-electron chi connectivity index (χ2n) is 11.1. The number of benzene rings is 1. The van der Waals surface area contributed by atoms with E-state index >= 15 is 0 Å². The molecule has 11 heteroatoms. The molecule has 1 atom stereocenters. The zero-order valence-electron chi connectivity index (χ0n) is 21.9. The summed E-state index contributed by atoms with van der Waals surface area (Å²) in [6.45, 7) is 3.64. The van der Waals surface area contributed by atoms with Crippen LogP contribution in [0.25, 0.3) is 0 Å². The van der Waals surface area contributed by atoms with E-state index in [4.69, 9.17) is 24.7 Å². The molecule has 4 aliphatic carbocycles. The Labute approximate surface area is 221 Å². The highest BCUT2D eigenvalue weighted by molar-refractivity contribution is 5.94. The van der Waals surface area contributed by atoms with Gasteiger partial charge in [0.25, 0.3) is 0 Å². The highest BCUT2D eigenvalue weighted by Crippen LogP contribution is 2.61. The molecule has 4 bridgehead atoms. The first-order chi connectivity index (χ1) is 17.9. The summed E-state index contributed by atoms with van der Waals surface area (Å²) in [4.78, 5) is 24.8. The summed E-state index contributed by atoms with van der Waals surface area (Å²) < 4.78 is 36.9. The van der Waals surface area contributed by atoms with Gasteiger partial charge in [-0.15, -0.1) is 0 Å².